The van der Waals surface area contributed by atoms with E-state index in [-0.39, 0.29) is 0 Å². The first kappa shape index (κ1) is 11.2. The van der Waals surface area contributed by atoms with E-state index >= 15 is 0 Å². The van der Waals surface area contributed by atoms with Crippen LogP contribution in [0.1, 0.15) is 0 Å². The molecule has 0 aliphatic carbocycles. The third-order valence-corrected chi connectivity index (χ3v) is 3.52. The number of carboxylic acid groups (broad SMARTS) is 1. The van der Waals surface area contributed by atoms with Crippen LogP contribution in [-0.4, -0.2) is 32.5 Å². The summed E-state index contributed by atoms with van der Waals surface area (Å²) in [5, 5.41) is 7.81. The second-order valence-corrected chi connectivity index (χ2v) is 4.76. The summed E-state index contributed by atoms with van der Waals surface area (Å²) < 4.78 is 58.9. The van der Waals surface area contributed by atoms with Gasteiger partial charge in [0.05, 0.1) is 0 Å². The molecule has 0 spiro atoms. The zero-order valence-electron chi connectivity index (χ0n) is 5.14. The molecule has 0 saturated heterocycles. The summed E-state index contributed by atoms with van der Waals surface area (Å²) in [6, 6.07) is 0. The van der Waals surface area contributed by atoms with Gasteiger partial charge in [-0.05, 0) is 0 Å². The second-order valence-electron chi connectivity index (χ2n) is 1.62. The Bertz CT molecular complexity index is 346. The van der Waals surface area contributed by atoms with Crippen LogP contribution in [0.15, 0.2) is 0 Å². The first-order chi connectivity index (χ1) is 5.07. The number of halogens is 2. The van der Waals surface area contributed by atoms with Gasteiger partial charge in [0.1, 0.15) is 0 Å². The Morgan fingerprint density at radius 1 is 1.08 bits per heavy atom. The summed E-state index contributed by atoms with van der Waals surface area (Å²) in [4.78, 5) is 9.75. The van der Waals surface area contributed by atoms with E-state index in [0.29, 0.717) is 0 Å². The number of hydrogen-bond acceptors (Lipinski definition) is 5. The Morgan fingerprint density at radius 2 is 1.33 bits per heavy atom. The molecule has 0 aliphatic rings. The van der Waals surface area contributed by atoms with Gasteiger partial charge in [0.15, 0.2) is 0 Å². The maximum Gasteiger partial charge on any atom is 0.343 e. The molecule has 0 unspecified atom stereocenters. The highest BCUT2D eigenvalue weighted by atomic mass is 32.3. The molecule has 0 aromatic heterocycles. The van der Waals surface area contributed by atoms with Crippen LogP contribution in [0.2, 0.25) is 0 Å². The van der Waals surface area contributed by atoms with Gasteiger partial charge in [-0.25, -0.2) is 4.79 Å². The lowest BCUT2D eigenvalue weighted by molar-refractivity contribution is -0.135. The van der Waals surface area contributed by atoms with E-state index in [2.05, 4.69) is 0 Å². The van der Waals surface area contributed by atoms with Crippen LogP contribution in [0.3, 0.4) is 0 Å². The van der Waals surface area contributed by atoms with Crippen molar-refractivity contribution >= 4 is 26.4 Å². The van der Waals surface area contributed by atoms with Crippen LogP contribution in [0.5, 0.6) is 0 Å². The summed E-state index contributed by atoms with van der Waals surface area (Å²) in [6.07, 6.45) is 0. The third-order valence-electron chi connectivity index (χ3n) is 0.713. The second kappa shape index (κ2) is 2.94. The van der Waals surface area contributed by atoms with Gasteiger partial charge in [-0.3, -0.25) is 0 Å². The van der Waals surface area contributed by atoms with Gasteiger partial charge in [-0.2, -0.15) is 16.8 Å². The Hall–Kier alpha value is -0.770. The van der Waals surface area contributed by atoms with Crippen molar-refractivity contribution < 1.29 is 34.5 Å². The topological polar surface area (TPSA) is 106 Å². The molecule has 12 heavy (non-hydrogen) atoms. The van der Waals surface area contributed by atoms with E-state index in [1.54, 1.807) is 0 Å². The van der Waals surface area contributed by atoms with E-state index < -0.39 is 31.0 Å². The average Bonchev–Trinajstić information content (AvgIpc) is 1.49. The van der Waals surface area contributed by atoms with Crippen LogP contribution in [0.4, 0.5) is 7.77 Å². The van der Waals surface area contributed by atoms with Crippen molar-refractivity contribution in [2.45, 2.75) is 4.58 Å². The molecule has 0 heterocycles. The third kappa shape index (κ3) is 2.70. The standard InChI is InChI=1S/C2H2F2O6S2/c3-11(7,8)2(1(5)6)12(4,9)10/h2H,(H,5,6). The van der Waals surface area contributed by atoms with Gasteiger partial charge >= 0.3 is 31.0 Å². The lowest BCUT2D eigenvalue weighted by Gasteiger charge is -2.00. The molecule has 72 valence electrons. The molecular weight excluding hydrogens is 222 g/mol. The highest BCUT2D eigenvalue weighted by molar-refractivity contribution is 8.05. The van der Waals surface area contributed by atoms with Crippen molar-refractivity contribution in [3.63, 3.8) is 0 Å². The van der Waals surface area contributed by atoms with Crippen LogP contribution in [0.25, 0.3) is 0 Å². The monoisotopic (exact) mass is 224 g/mol. The maximum absolute atomic E-state index is 11.8. The zero-order chi connectivity index (χ0) is 10.2. The summed E-state index contributed by atoms with van der Waals surface area (Å²) in [7, 11) is -12.0. The predicted molar refractivity (Wildman–Crippen MR) is 31.5 cm³/mol. The molecule has 0 rings (SSSR count). The van der Waals surface area contributed by atoms with Gasteiger partial charge in [-0.1, -0.05) is 0 Å². The van der Waals surface area contributed by atoms with Crippen molar-refractivity contribution in [3.05, 3.63) is 0 Å². The van der Waals surface area contributed by atoms with Crippen molar-refractivity contribution in [1.82, 2.24) is 0 Å². The maximum atomic E-state index is 11.8. The Kier molecular flexibility index (Phi) is 2.75. The molecule has 10 heteroatoms. The van der Waals surface area contributed by atoms with Gasteiger partial charge in [-0.15, -0.1) is 7.77 Å². The van der Waals surface area contributed by atoms with Crippen LogP contribution in [-0.2, 0) is 25.2 Å². The minimum atomic E-state index is -5.98. The quantitative estimate of drug-likeness (QED) is 0.616. The van der Waals surface area contributed by atoms with E-state index in [0.717, 1.165) is 0 Å². The number of aliphatic carboxylic acids is 1. The number of hydrogen-bond donors (Lipinski definition) is 1. The van der Waals surface area contributed by atoms with E-state index in [4.69, 9.17) is 5.11 Å². The predicted octanol–water partition coefficient (Wildman–Crippen LogP) is -1.00. The molecular formula is C2H2F2O6S2. The summed E-state index contributed by atoms with van der Waals surface area (Å²) in [6.45, 7) is 0. The summed E-state index contributed by atoms with van der Waals surface area (Å²) in [5.41, 5.74) is 0. The molecule has 6 nitrogen and oxygen atoms in total. The molecule has 0 aromatic rings. The summed E-state index contributed by atoms with van der Waals surface area (Å²) in [5.74, 6) is -2.62. The lowest BCUT2D eigenvalue weighted by Crippen LogP contribution is -2.33. The molecule has 0 radical (unpaired) electrons. The average molecular weight is 224 g/mol. The van der Waals surface area contributed by atoms with Crippen LogP contribution < -0.4 is 0 Å². The number of carbonyl (C=O) groups is 1. The van der Waals surface area contributed by atoms with E-state index in [1.807, 2.05) is 0 Å². The van der Waals surface area contributed by atoms with Crippen molar-refractivity contribution in [2.75, 3.05) is 0 Å². The minimum Gasteiger partial charge on any atom is -0.479 e. The smallest absolute Gasteiger partial charge is 0.343 e. The Morgan fingerprint density at radius 3 is 1.33 bits per heavy atom. The van der Waals surface area contributed by atoms with E-state index in [1.165, 1.54) is 0 Å². The zero-order valence-corrected chi connectivity index (χ0v) is 6.77. The Labute approximate surface area is 66.2 Å². The van der Waals surface area contributed by atoms with Crippen molar-refractivity contribution in [3.8, 4) is 0 Å². The van der Waals surface area contributed by atoms with Gasteiger partial charge in [0.25, 0.3) is 0 Å². The Balaban J connectivity index is 5.42. The lowest BCUT2D eigenvalue weighted by atomic mass is 10.8. The fraction of sp³-hybridized carbons (Fsp3) is 0.500. The van der Waals surface area contributed by atoms with Crippen LogP contribution >= 0.6 is 0 Å². The SMILES string of the molecule is O=C(O)C(S(=O)(=O)F)S(=O)(=O)F. The molecule has 0 atom stereocenters. The first-order valence-corrected chi connectivity index (χ1v) is 5.06. The van der Waals surface area contributed by atoms with Crippen molar-refractivity contribution in [2.24, 2.45) is 0 Å². The van der Waals surface area contributed by atoms with Gasteiger partial charge in [0.2, 0.25) is 0 Å². The van der Waals surface area contributed by atoms with Crippen molar-refractivity contribution in [1.29, 1.82) is 0 Å². The molecule has 0 aromatic carbocycles. The normalized spacial score (nSPS) is 13.2. The molecule has 0 saturated carbocycles. The highest BCUT2D eigenvalue weighted by Gasteiger charge is 2.45. The fourth-order valence-corrected chi connectivity index (χ4v) is 1.96. The summed E-state index contributed by atoms with van der Waals surface area (Å²) >= 11 is 0. The fourth-order valence-electron chi connectivity index (χ4n) is 0.378. The largest absolute Gasteiger partial charge is 0.479 e. The highest BCUT2D eigenvalue weighted by Crippen LogP contribution is 2.13. The molecule has 1 N–H and O–H groups in total. The molecule has 0 bridgehead atoms. The van der Waals surface area contributed by atoms with Gasteiger partial charge in [0, 0.05) is 0 Å². The minimum absolute atomic E-state index is 2.62. The number of carboxylic acids is 1. The number of rotatable bonds is 3. The first-order valence-electron chi connectivity index (χ1n) is 2.16. The molecule has 0 amide bonds. The van der Waals surface area contributed by atoms with E-state index in [9.17, 15) is 29.4 Å². The van der Waals surface area contributed by atoms with Gasteiger partial charge < -0.3 is 5.11 Å². The molecule has 0 aliphatic heterocycles. The van der Waals surface area contributed by atoms with Crippen LogP contribution in [0, 0.1) is 0 Å². The molecule has 0 fully saturated rings.